The highest BCUT2D eigenvalue weighted by atomic mass is 14.5. The largest absolute Gasteiger partial charge is 0.198 e. The molecule has 4 bridgehead atoms. The van der Waals surface area contributed by atoms with E-state index in [4.69, 9.17) is 0 Å². The number of rotatable bonds is 4. The summed E-state index contributed by atoms with van der Waals surface area (Å²) in [7, 11) is 0. The van der Waals surface area contributed by atoms with Crippen molar-refractivity contribution >= 4 is 0 Å². The molecule has 100 valence electrons. The van der Waals surface area contributed by atoms with Crippen LogP contribution < -0.4 is 0 Å². The van der Waals surface area contributed by atoms with Gasteiger partial charge in [0.25, 0.3) is 0 Å². The van der Waals surface area contributed by atoms with E-state index in [1.165, 1.54) is 32.1 Å². The zero-order valence-corrected chi connectivity index (χ0v) is 11.6. The van der Waals surface area contributed by atoms with Gasteiger partial charge in [0.1, 0.15) is 0 Å². The van der Waals surface area contributed by atoms with Gasteiger partial charge in [-0.1, -0.05) is 30.7 Å². The molecule has 0 aromatic rings. The number of allylic oxidation sites excluding steroid dienone is 4. The van der Waals surface area contributed by atoms with E-state index < -0.39 is 0 Å². The molecule has 2 fully saturated rings. The monoisotopic (exact) mass is 253 g/mol. The van der Waals surface area contributed by atoms with Crippen molar-refractivity contribution < 1.29 is 0 Å². The van der Waals surface area contributed by atoms with Crippen LogP contribution >= 0.6 is 0 Å². The predicted molar refractivity (Wildman–Crippen MR) is 76.1 cm³/mol. The van der Waals surface area contributed by atoms with Gasteiger partial charge in [0.05, 0.1) is 11.5 Å². The molecule has 0 radical (unpaired) electrons. The predicted octanol–water partition coefficient (Wildman–Crippen LogP) is 4.47. The topological polar surface area (TPSA) is 23.8 Å². The van der Waals surface area contributed by atoms with Crippen LogP contribution in [0.4, 0.5) is 0 Å². The van der Waals surface area contributed by atoms with Gasteiger partial charge in [-0.2, -0.15) is 5.26 Å². The number of hydrogen-bond donors (Lipinski definition) is 0. The first-order chi connectivity index (χ1) is 9.29. The molecule has 1 heteroatoms. The quantitative estimate of drug-likeness (QED) is 0.678. The minimum absolute atomic E-state index is 0.00682. The van der Waals surface area contributed by atoms with Crippen LogP contribution in [0.1, 0.15) is 44.9 Å². The maximum atomic E-state index is 9.64. The minimum atomic E-state index is 0.00682. The summed E-state index contributed by atoms with van der Waals surface area (Å²) in [5.74, 6) is 3.99. The van der Waals surface area contributed by atoms with Crippen LogP contribution in [0.25, 0.3) is 0 Å². The van der Waals surface area contributed by atoms with Crippen LogP contribution in [0.2, 0.25) is 0 Å². The van der Waals surface area contributed by atoms with Crippen molar-refractivity contribution in [2.45, 2.75) is 44.9 Å². The molecule has 1 nitrogen and oxygen atoms in total. The Morgan fingerprint density at radius 1 is 1.05 bits per heavy atom. The Balaban J connectivity index is 1.34. The van der Waals surface area contributed by atoms with Crippen molar-refractivity contribution in [3.63, 3.8) is 0 Å². The van der Waals surface area contributed by atoms with E-state index in [1.54, 1.807) is 0 Å². The number of fused-ring (bicyclic) bond motifs is 4. The third-order valence-electron chi connectivity index (χ3n) is 6.35. The maximum absolute atomic E-state index is 9.64. The molecule has 0 heterocycles. The zero-order chi connectivity index (χ0) is 12.9. The minimum Gasteiger partial charge on any atom is -0.198 e. The number of hydrogen-bond acceptors (Lipinski definition) is 1. The van der Waals surface area contributed by atoms with E-state index >= 15 is 0 Å². The normalized spacial score (nSPS) is 49.1. The van der Waals surface area contributed by atoms with Gasteiger partial charge in [0.2, 0.25) is 0 Å². The molecule has 0 aromatic heterocycles. The molecule has 19 heavy (non-hydrogen) atoms. The lowest BCUT2D eigenvalue weighted by Gasteiger charge is -2.29. The lowest BCUT2D eigenvalue weighted by atomic mass is 9.72. The van der Waals surface area contributed by atoms with Crippen LogP contribution in [0.15, 0.2) is 24.3 Å². The van der Waals surface area contributed by atoms with Crippen LogP contribution in [-0.4, -0.2) is 0 Å². The smallest absolute Gasteiger partial charge is 0.0696 e. The van der Waals surface area contributed by atoms with Crippen LogP contribution in [0, 0.1) is 46.3 Å². The highest BCUT2D eigenvalue weighted by Gasteiger charge is 2.48. The van der Waals surface area contributed by atoms with E-state index in [0.717, 1.165) is 36.5 Å². The van der Waals surface area contributed by atoms with Crippen molar-refractivity contribution in [1.82, 2.24) is 0 Å². The lowest BCUT2D eigenvalue weighted by Crippen LogP contribution is -2.24. The molecule has 0 saturated heterocycles. The first-order valence-corrected chi connectivity index (χ1v) is 8.07. The Kier molecular flexibility index (Phi) is 2.62. The maximum Gasteiger partial charge on any atom is 0.0696 e. The summed E-state index contributed by atoms with van der Waals surface area (Å²) in [5.41, 5.74) is 0.00682. The first kappa shape index (κ1) is 11.8. The van der Waals surface area contributed by atoms with Crippen molar-refractivity contribution in [2.24, 2.45) is 35.0 Å². The molecule has 2 saturated carbocycles. The van der Waals surface area contributed by atoms with Crippen LogP contribution in [0.5, 0.6) is 0 Å². The molecular formula is C18H23N. The second kappa shape index (κ2) is 4.23. The average molecular weight is 253 g/mol. The molecule has 0 unspecified atom stereocenters. The summed E-state index contributed by atoms with van der Waals surface area (Å²) in [6.45, 7) is 0. The zero-order valence-electron chi connectivity index (χ0n) is 11.6. The Bertz CT molecular complexity index is 469. The summed E-state index contributed by atoms with van der Waals surface area (Å²) < 4.78 is 0. The third-order valence-corrected chi connectivity index (χ3v) is 6.35. The molecule has 4 aliphatic carbocycles. The van der Waals surface area contributed by atoms with Gasteiger partial charge in [0, 0.05) is 0 Å². The standard InChI is InChI=1S/C18H23N/c19-12-18(11-14-4-6-17(18)10-14)7-1-2-15-8-13-3-5-16(15)9-13/h3-6,13-17H,1-2,7-11H2/t13-,14+,15+,16-,17+,18-/m1/s1. The second-order valence-electron chi connectivity index (χ2n) is 7.39. The third kappa shape index (κ3) is 1.80. The fourth-order valence-corrected chi connectivity index (χ4v) is 5.33. The fraction of sp³-hybridized carbons (Fsp3) is 0.722. The Labute approximate surface area is 116 Å². The second-order valence-corrected chi connectivity index (χ2v) is 7.39. The Hall–Kier alpha value is -1.03. The van der Waals surface area contributed by atoms with Gasteiger partial charge in [-0.3, -0.25) is 0 Å². The van der Waals surface area contributed by atoms with E-state index in [-0.39, 0.29) is 5.41 Å². The van der Waals surface area contributed by atoms with E-state index in [1.807, 2.05) is 0 Å². The highest BCUT2D eigenvalue weighted by Crippen LogP contribution is 2.55. The molecule has 4 rings (SSSR count). The van der Waals surface area contributed by atoms with Gasteiger partial charge in [-0.25, -0.2) is 0 Å². The molecule has 0 aromatic carbocycles. The fourth-order valence-electron chi connectivity index (χ4n) is 5.33. The van der Waals surface area contributed by atoms with Crippen molar-refractivity contribution in [3.05, 3.63) is 24.3 Å². The molecular weight excluding hydrogens is 230 g/mol. The summed E-state index contributed by atoms with van der Waals surface area (Å²) in [6, 6.07) is 2.70. The SMILES string of the molecule is N#C[C@@]1(CCC[C@H]2C[C@H]3C=C[C@@H]2C3)C[C@H]2C=C[C@H]1C2. The van der Waals surface area contributed by atoms with Crippen molar-refractivity contribution in [1.29, 1.82) is 5.26 Å². The molecule has 6 atom stereocenters. The average Bonchev–Trinajstić information content (AvgIpc) is 3.18. The van der Waals surface area contributed by atoms with Gasteiger partial charge in [-0.05, 0) is 68.1 Å². The van der Waals surface area contributed by atoms with Crippen molar-refractivity contribution in [2.75, 3.05) is 0 Å². The number of nitrogens with zero attached hydrogens (tertiary/aromatic N) is 1. The molecule has 4 aliphatic rings. The van der Waals surface area contributed by atoms with E-state index in [2.05, 4.69) is 30.4 Å². The first-order valence-electron chi connectivity index (χ1n) is 8.07. The van der Waals surface area contributed by atoms with Gasteiger partial charge in [-0.15, -0.1) is 0 Å². The summed E-state index contributed by atoms with van der Waals surface area (Å²) in [6.07, 6.45) is 18.6. The van der Waals surface area contributed by atoms with Gasteiger partial charge < -0.3 is 0 Å². The molecule has 0 aliphatic heterocycles. The summed E-state index contributed by atoms with van der Waals surface area (Å²) >= 11 is 0. The Morgan fingerprint density at radius 2 is 1.95 bits per heavy atom. The van der Waals surface area contributed by atoms with Gasteiger partial charge >= 0.3 is 0 Å². The highest BCUT2D eigenvalue weighted by molar-refractivity contribution is 5.22. The summed E-state index contributed by atoms with van der Waals surface area (Å²) in [4.78, 5) is 0. The van der Waals surface area contributed by atoms with Gasteiger partial charge in [0.15, 0.2) is 0 Å². The Morgan fingerprint density at radius 3 is 2.53 bits per heavy atom. The van der Waals surface area contributed by atoms with E-state index in [9.17, 15) is 5.26 Å². The molecule has 0 spiro atoms. The van der Waals surface area contributed by atoms with Crippen molar-refractivity contribution in [3.8, 4) is 6.07 Å². The molecule has 0 amide bonds. The molecule has 0 N–H and O–H groups in total. The van der Waals surface area contributed by atoms with Crippen LogP contribution in [0.3, 0.4) is 0 Å². The summed E-state index contributed by atoms with van der Waals surface area (Å²) in [5, 5.41) is 9.64. The number of nitriles is 1. The van der Waals surface area contributed by atoms with Crippen LogP contribution in [-0.2, 0) is 0 Å². The lowest BCUT2D eigenvalue weighted by molar-refractivity contribution is 0.273. The van der Waals surface area contributed by atoms with E-state index in [0.29, 0.717) is 5.92 Å².